The highest BCUT2D eigenvalue weighted by Crippen LogP contribution is 2.40. The average Bonchev–Trinajstić information content (AvgIpc) is 3.53. The average molecular weight is 572 g/mol. The zero-order valence-corrected chi connectivity index (χ0v) is 22.3. The molecule has 1 unspecified atom stereocenters. The highest BCUT2D eigenvalue weighted by Gasteiger charge is 2.46. The van der Waals surface area contributed by atoms with Crippen molar-refractivity contribution in [3.8, 4) is 0 Å². The Hall–Kier alpha value is -3.28. The molecule has 40 heavy (non-hydrogen) atoms. The van der Waals surface area contributed by atoms with Crippen molar-refractivity contribution in [2.45, 2.75) is 62.6 Å². The molecule has 0 saturated carbocycles. The van der Waals surface area contributed by atoms with E-state index in [0.717, 1.165) is 5.56 Å². The summed E-state index contributed by atoms with van der Waals surface area (Å²) >= 11 is 0. The lowest BCUT2D eigenvalue weighted by Crippen LogP contribution is -2.50. The van der Waals surface area contributed by atoms with Gasteiger partial charge in [0.25, 0.3) is 0 Å². The fraction of sp³-hybridized carbons (Fsp3) is 0.500. The third-order valence-electron chi connectivity index (χ3n) is 7.92. The van der Waals surface area contributed by atoms with E-state index in [4.69, 9.17) is 0 Å². The Balaban J connectivity index is 1.68. The van der Waals surface area contributed by atoms with Gasteiger partial charge in [-0.1, -0.05) is 30.3 Å². The molecule has 0 radical (unpaired) electrons. The Morgan fingerprint density at radius 3 is 1.95 bits per heavy atom. The number of rotatable bonds is 4. The summed E-state index contributed by atoms with van der Waals surface area (Å²) in [6, 6.07) is 9.26. The van der Waals surface area contributed by atoms with Crippen LogP contribution in [-0.2, 0) is 22.6 Å². The molecule has 0 spiro atoms. The van der Waals surface area contributed by atoms with Gasteiger partial charge >= 0.3 is 18.4 Å². The number of carbonyl (C=O) groups excluding carboxylic acids is 2. The molecule has 2 aromatic rings. The highest BCUT2D eigenvalue weighted by atomic mass is 19.4. The number of likely N-dealkylation sites (N-methyl/N-ethyl adjacent to an activating group) is 1. The number of hydrogen-bond donors (Lipinski definition) is 1. The van der Waals surface area contributed by atoms with Crippen molar-refractivity contribution in [2.24, 2.45) is 0 Å². The van der Waals surface area contributed by atoms with Crippen LogP contribution in [0.25, 0.3) is 0 Å². The minimum absolute atomic E-state index is 0.0342. The molecular weight excluding hydrogens is 540 g/mol. The Morgan fingerprint density at radius 2 is 1.45 bits per heavy atom. The number of alkyl halides is 6. The molecule has 0 aromatic heterocycles. The van der Waals surface area contributed by atoms with Gasteiger partial charge in [0.05, 0.1) is 22.6 Å². The van der Waals surface area contributed by atoms with E-state index in [-0.39, 0.29) is 31.1 Å². The quantitative estimate of drug-likeness (QED) is 0.496. The van der Waals surface area contributed by atoms with Crippen LogP contribution in [0.5, 0.6) is 0 Å². The van der Waals surface area contributed by atoms with E-state index >= 15 is 0 Å². The monoisotopic (exact) mass is 571 g/mol. The van der Waals surface area contributed by atoms with E-state index in [1.165, 1.54) is 35.6 Å². The Kier molecular flexibility index (Phi) is 7.87. The minimum atomic E-state index is -5.05. The Labute approximate surface area is 228 Å². The van der Waals surface area contributed by atoms with Gasteiger partial charge in [-0.25, -0.2) is 4.79 Å². The molecule has 12 heteroatoms. The molecule has 6 nitrogen and oxygen atoms in total. The molecule has 2 aromatic carbocycles. The molecule has 0 bridgehead atoms. The number of aliphatic hydroxyl groups is 1. The van der Waals surface area contributed by atoms with Crippen molar-refractivity contribution in [1.82, 2.24) is 14.7 Å². The maximum atomic E-state index is 13.8. The van der Waals surface area contributed by atoms with Crippen molar-refractivity contribution in [3.63, 3.8) is 0 Å². The first kappa shape index (κ1) is 29.7. The molecule has 3 atom stereocenters. The maximum Gasteiger partial charge on any atom is 0.416 e. The van der Waals surface area contributed by atoms with Crippen LogP contribution in [-0.4, -0.2) is 70.7 Å². The molecule has 2 fully saturated rings. The summed E-state index contributed by atoms with van der Waals surface area (Å²) in [7, 11) is 1.45. The molecule has 2 saturated heterocycles. The fourth-order valence-electron chi connectivity index (χ4n) is 5.55. The predicted molar refractivity (Wildman–Crippen MR) is 134 cm³/mol. The standard InChI is InChI=1S/C28H31F6N3O3/c1-26(2,18-12-19(27(29,30)31)14-20(13-18)28(32,33)34)24(39)35(3)22-16-36(25(40)37-11-7-10-23(37)38)15-21(22)17-8-5-4-6-9-17/h4-6,8-9,12-14,21-23,38H,7,10-11,15-16H2,1-3H3/t21-,22+,23?/m0/s1. The third kappa shape index (κ3) is 5.77. The number of amides is 3. The molecule has 2 aliphatic heterocycles. The summed E-state index contributed by atoms with van der Waals surface area (Å²) < 4.78 is 81.1. The first-order valence-corrected chi connectivity index (χ1v) is 12.9. The largest absolute Gasteiger partial charge is 0.416 e. The minimum Gasteiger partial charge on any atom is -0.373 e. The number of likely N-dealkylation sites (tertiary alicyclic amines) is 2. The van der Waals surface area contributed by atoms with Gasteiger partial charge in [0, 0.05) is 32.6 Å². The van der Waals surface area contributed by atoms with Crippen molar-refractivity contribution in [3.05, 3.63) is 70.8 Å². The summed E-state index contributed by atoms with van der Waals surface area (Å²) in [5, 5.41) is 10.2. The number of urea groups is 1. The first-order chi connectivity index (χ1) is 18.5. The second-order valence-corrected chi connectivity index (χ2v) is 10.9. The lowest BCUT2D eigenvalue weighted by molar-refractivity contribution is -0.144. The topological polar surface area (TPSA) is 64.1 Å². The van der Waals surface area contributed by atoms with Gasteiger partial charge in [-0.2, -0.15) is 26.3 Å². The van der Waals surface area contributed by atoms with E-state index in [0.29, 0.717) is 31.5 Å². The van der Waals surface area contributed by atoms with Gasteiger partial charge in [-0.05, 0) is 56.0 Å². The van der Waals surface area contributed by atoms with Crippen LogP contribution in [0, 0.1) is 0 Å². The SMILES string of the molecule is CN(C(=O)C(C)(C)c1cc(C(F)(F)F)cc(C(F)(F)F)c1)[C@@H]1CN(C(=O)N2CCCC2O)C[C@H]1c1ccccc1. The van der Waals surface area contributed by atoms with E-state index in [1.54, 1.807) is 18.2 Å². The number of nitrogens with zero attached hydrogens (tertiary/aromatic N) is 3. The number of aliphatic hydroxyl groups excluding tert-OH is 1. The summed E-state index contributed by atoms with van der Waals surface area (Å²) in [5.74, 6) is -1.07. The molecule has 1 N–H and O–H groups in total. The first-order valence-electron chi connectivity index (χ1n) is 12.9. The zero-order chi connectivity index (χ0) is 29.6. The van der Waals surface area contributed by atoms with Gasteiger partial charge < -0.3 is 14.9 Å². The Bertz CT molecular complexity index is 1220. The van der Waals surface area contributed by atoms with Gasteiger partial charge in [0.15, 0.2) is 0 Å². The van der Waals surface area contributed by atoms with Crippen LogP contribution < -0.4 is 0 Å². The molecule has 218 valence electrons. The predicted octanol–water partition coefficient (Wildman–Crippen LogP) is 5.46. The van der Waals surface area contributed by atoms with Crippen LogP contribution >= 0.6 is 0 Å². The molecule has 4 rings (SSSR count). The zero-order valence-electron chi connectivity index (χ0n) is 22.3. The van der Waals surface area contributed by atoms with E-state index in [9.17, 15) is 41.0 Å². The van der Waals surface area contributed by atoms with Crippen LogP contribution in [0.4, 0.5) is 31.1 Å². The maximum absolute atomic E-state index is 13.8. The van der Waals surface area contributed by atoms with Gasteiger partial charge in [0.2, 0.25) is 5.91 Å². The Morgan fingerprint density at radius 1 is 0.900 bits per heavy atom. The molecular formula is C28H31F6N3O3. The van der Waals surface area contributed by atoms with Crippen LogP contribution in [0.2, 0.25) is 0 Å². The number of benzene rings is 2. The number of carbonyl (C=O) groups is 2. The second-order valence-electron chi connectivity index (χ2n) is 10.9. The number of halogens is 6. The van der Waals surface area contributed by atoms with Crippen molar-refractivity contribution in [1.29, 1.82) is 0 Å². The lowest BCUT2D eigenvalue weighted by Gasteiger charge is -2.36. The second kappa shape index (κ2) is 10.6. The lowest BCUT2D eigenvalue weighted by atomic mass is 9.80. The van der Waals surface area contributed by atoms with Gasteiger partial charge in [-0.15, -0.1) is 0 Å². The van der Waals surface area contributed by atoms with Crippen LogP contribution in [0.1, 0.15) is 54.9 Å². The molecule has 2 aliphatic rings. The summed E-state index contributed by atoms with van der Waals surface area (Å²) in [5.41, 5.74) is -4.36. The fourth-order valence-corrected chi connectivity index (χ4v) is 5.55. The van der Waals surface area contributed by atoms with Gasteiger partial charge in [-0.3, -0.25) is 9.69 Å². The van der Waals surface area contributed by atoms with E-state index in [2.05, 4.69) is 0 Å². The van der Waals surface area contributed by atoms with Crippen LogP contribution in [0.3, 0.4) is 0 Å². The third-order valence-corrected chi connectivity index (χ3v) is 7.92. The normalized spacial score (nSPS) is 22.1. The smallest absolute Gasteiger partial charge is 0.373 e. The van der Waals surface area contributed by atoms with Gasteiger partial charge in [0.1, 0.15) is 6.23 Å². The summed E-state index contributed by atoms with van der Waals surface area (Å²) in [6.07, 6.45) is -9.91. The van der Waals surface area contributed by atoms with Crippen LogP contribution in [0.15, 0.2) is 48.5 Å². The van der Waals surface area contributed by atoms with Crippen molar-refractivity contribution < 1.29 is 41.0 Å². The summed E-state index contributed by atoms with van der Waals surface area (Å²) in [6.45, 7) is 3.26. The number of hydrogen-bond acceptors (Lipinski definition) is 3. The van der Waals surface area contributed by atoms with E-state index < -0.39 is 52.6 Å². The molecule has 2 heterocycles. The molecule has 0 aliphatic carbocycles. The summed E-state index contributed by atoms with van der Waals surface area (Å²) in [4.78, 5) is 31.3. The molecule has 3 amide bonds. The van der Waals surface area contributed by atoms with E-state index in [1.807, 2.05) is 12.1 Å². The highest BCUT2D eigenvalue weighted by molar-refractivity contribution is 5.88. The van der Waals surface area contributed by atoms with Crippen molar-refractivity contribution >= 4 is 11.9 Å². The van der Waals surface area contributed by atoms with Crippen molar-refractivity contribution in [2.75, 3.05) is 26.7 Å².